The number of carbonyl (C=O) groups excluding carboxylic acids is 2. The van der Waals surface area contributed by atoms with E-state index in [4.69, 9.17) is 4.74 Å². The Morgan fingerprint density at radius 2 is 1.91 bits per heavy atom. The second-order valence-corrected chi connectivity index (χ2v) is 9.21. The average Bonchev–Trinajstić information content (AvgIpc) is 3.47. The molecule has 1 saturated carbocycles. The van der Waals surface area contributed by atoms with E-state index in [0.717, 1.165) is 32.2 Å². The number of carbonyl (C=O) groups is 2. The van der Waals surface area contributed by atoms with Crippen LogP contribution in [0.5, 0.6) is 5.75 Å². The number of likely N-dealkylation sites (tertiary alicyclic amines) is 1. The number of Topliss-reactive ketones (excluding diaryl/α,β-unsaturated/α-hetero) is 1. The smallest absolute Gasteiger partial charge is 0.321 e. The number of ketones is 1. The van der Waals surface area contributed by atoms with Crippen LogP contribution in [-0.2, 0) is 4.79 Å². The summed E-state index contributed by atoms with van der Waals surface area (Å²) in [6.45, 7) is 2.74. The summed E-state index contributed by atoms with van der Waals surface area (Å²) >= 11 is 0. The summed E-state index contributed by atoms with van der Waals surface area (Å²) < 4.78 is 6.30. The van der Waals surface area contributed by atoms with Crippen molar-refractivity contribution in [3.05, 3.63) is 54.4 Å². The van der Waals surface area contributed by atoms with Crippen molar-refractivity contribution in [3.63, 3.8) is 0 Å². The van der Waals surface area contributed by atoms with Gasteiger partial charge in [-0.15, -0.1) is 0 Å². The lowest BCUT2D eigenvalue weighted by Crippen LogP contribution is -2.50. The normalized spacial score (nSPS) is 23.7. The van der Waals surface area contributed by atoms with Gasteiger partial charge in [-0.3, -0.25) is 9.78 Å². The van der Waals surface area contributed by atoms with Gasteiger partial charge >= 0.3 is 6.03 Å². The molecule has 3 heterocycles. The molecule has 168 valence electrons. The van der Waals surface area contributed by atoms with Crippen molar-refractivity contribution in [2.75, 3.05) is 31.5 Å². The van der Waals surface area contributed by atoms with Crippen LogP contribution in [0.4, 0.5) is 10.5 Å². The zero-order valence-electron chi connectivity index (χ0n) is 18.3. The summed E-state index contributed by atoms with van der Waals surface area (Å²) in [5.74, 6) is 1.39. The van der Waals surface area contributed by atoms with Gasteiger partial charge in [0, 0.05) is 56.0 Å². The number of aromatic nitrogens is 1. The van der Waals surface area contributed by atoms with Crippen LogP contribution in [0.15, 0.2) is 48.8 Å². The number of hydrogen-bond acceptors (Lipinski definition) is 5. The second kappa shape index (κ2) is 8.90. The molecule has 1 aliphatic carbocycles. The van der Waals surface area contributed by atoms with E-state index < -0.39 is 5.60 Å². The first-order valence-electron chi connectivity index (χ1n) is 11.6. The number of pyridine rings is 1. The highest BCUT2D eigenvalue weighted by Crippen LogP contribution is 2.35. The van der Waals surface area contributed by atoms with E-state index in [1.165, 1.54) is 5.56 Å². The van der Waals surface area contributed by atoms with Crippen molar-refractivity contribution in [1.29, 1.82) is 0 Å². The first-order chi connectivity index (χ1) is 15.6. The van der Waals surface area contributed by atoms with Crippen LogP contribution in [0.1, 0.15) is 43.6 Å². The van der Waals surface area contributed by atoms with E-state index in [1.54, 1.807) is 11.1 Å². The lowest BCUT2D eigenvalue weighted by Gasteiger charge is -2.39. The quantitative estimate of drug-likeness (QED) is 0.726. The Balaban J connectivity index is 1.17. The largest absolute Gasteiger partial charge is 0.478 e. The molecule has 2 N–H and O–H groups in total. The van der Waals surface area contributed by atoms with Crippen molar-refractivity contribution >= 4 is 17.5 Å². The SMILES string of the molecule is O=C(Nc1ccc(O[C@]2(C(=O)C3CCCC3)CCNC2)cc1)N1CC(c2cccnc2)C1. The number of hydrogen-bond donors (Lipinski definition) is 2. The predicted octanol–water partition coefficient (Wildman–Crippen LogP) is 3.58. The number of ether oxygens (including phenoxy) is 1. The summed E-state index contributed by atoms with van der Waals surface area (Å²) in [7, 11) is 0. The van der Waals surface area contributed by atoms with Crippen molar-refractivity contribution in [3.8, 4) is 5.75 Å². The van der Waals surface area contributed by atoms with Gasteiger partial charge in [-0.2, -0.15) is 0 Å². The van der Waals surface area contributed by atoms with E-state index in [0.29, 0.717) is 43.4 Å². The van der Waals surface area contributed by atoms with Crippen LogP contribution >= 0.6 is 0 Å². The molecule has 1 atom stereocenters. The molecule has 2 saturated heterocycles. The number of anilines is 1. The zero-order valence-corrected chi connectivity index (χ0v) is 18.3. The van der Waals surface area contributed by atoms with Gasteiger partial charge in [0.2, 0.25) is 0 Å². The number of nitrogens with one attached hydrogen (secondary N) is 2. The molecular formula is C25H30N4O3. The monoisotopic (exact) mass is 434 g/mol. The number of benzene rings is 1. The molecule has 5 rings (SSSR count). The molecule has 1 aromatic carbocycles. The van der Waals surface area contributed by atoms with E-state index in [1.807, 2.05) is 36.5 Å². The Morgan fingerprint density at radius 1 is 1.12 bits per heavy atom. The molecule has 0 unspecified atom stereocenters. The fraction of sp³-hybridized carbons (Fsp3) is 0.480. The van der Waals surface area contributed by atoms with Crippen LogP contribution in [0.2, 0.25) is 0 Å². The number of rotatable bonds is 6. The summed E-state index contributed by atoms with van der Waals surface area (Å²) in [6.07, 6.45) is 8.55. The molecule has 2 aliphatic heterocycles. The van der Waals surface area contributed by atoms with Crippen LogP contribution in [-0.4, -0.2) is 53.5 Å². The lowest BCUT2D eigenvalue weighted by molar-refractivity contribution is -0.137. The molecule has 7 nitrogen and oxygen atoms in total. The molecule has 32 heavy (non-hydrogen) atoms. The van der Waals surface area contributed by atoms with Crippen molar-refractivity contribution in [1.82, 2.24) is 15.2 Å². The van der Waals surface area contributed by atoms with E-state index >= 15 is 0 Å². The highest BCUT2D eigenvalue weighted by atomic mass is 16.5. The summed E-state index contributed by atoms with van der Waals surface area (Å²) in [5, 5.41) is 6.25. The van der Waals surface area contributed by atoms with Gasteiger partial charge in [-0.1, -0.05) is 18.9 Å². The fourth-order valence-electron chi connectivity index (χ4n) is 5.08. The third kappa shape index (κ3) is 4.21. The zero-order chi connectivity index (χ0) is 22.0. The lowest BCUT2D eigenvalue weighted by atomic mass is 9.86. The molecule has 7 heteroatoms. The molecule has 3 fully saturated rings. The molecule has 2 amide bonds. The maximum Gasteiger partial charge on any atom is 0.321 e. The van der Waals surface area contributed by atoms with Gasteiger partial charge < -0.3 is 20.3 Å². The summed E-state index contributed by atoms with van der Waals surface area (Å²) in [4.78, 5) is 31.7. The van der Waals surface area contributed by atoms with E-state index in [-0.39, 0.29) is 17.7 Å². The molecule has 3 aliphatic rings. The van der Waals surface area contributed by atoms with Gasteiger partial charge in [0.15, 0.2) is 11.4 Å². The van der Waals surface area contributed by atoms with E-state index in [9.17, 15) is 9.59 Å². The van der Waals surface area contributed by atoms with Crippen LogP contribution < -0.4 is 15.4 Å². The Kier molecular flexibility index (Phi) is 5.83. The predicted molar refractivity (Wildman–Crippen MR) is 122 cm³/mol. The first-order valence-corrected chi connectivity index (χ1v) is 11.6. The Morgan fingerprint density at radius 3 is 2.56 bits per heavy atom. The molecule has 1 aromatic heterocycles. The van der Waals surface area contributed by atoms with Crippen LogP contribution in [0, 0.1) is 5.92 Å². The molecular weight excluding hydrogens is 404 g/mol. The van der Waals surface area contributed by atoms with Crippen molar-refractivity contribution in [2.45, 2.75) is 43.6 Å². The Hall–Kier alpha value is -2.93. The third-order valence-electron chi connectivity index (χ3n) is 7.03. The Bertz CT molecular complexity index is 945. The van der Waals surface area contributed by atoms with Crippen LogP contribution in [0.3, 0.4) is 0 Å². The maximum absolute atomic E-state index is 13.2. The van der Waals surface area contributed by atoms with Crippen molar-refractivity contribution in [2.24, 2.45) is 5.92 Å². The third-order valence-corrected chi connectivity index (χ3v) is 7.03. The number of amides is 2. The standard InChI is InChI=1S/C25H30N4O3/c30-23(18-4-1-2-5-18)25(11-13-27-17-25)32-22-9-7-21(8-10-22)28-24(31)29-15-20(16-29)19-6-3-12-26-14-19/h3,6-10,12,14,18,20,27H,1-2,4-5,11,13,15-17H2,(H,28,31)/t25-/m1/s1. The van der Waals surface area contributed by atoms with Gasteiger partial charge in [-0.25, -0.2) is 4.79 Å². The molecule has 0 bridgehead atoms. The average molecular weight is 435 g/mol. The minimum Gasteiger partial charge on any atom is -0.478 e. The van der Waals surface area contributed by atoms with Gasteiger partial charge in [0.1, 0.15) is 5.75 Å². The molecule has 0 spiro atoms. The minimum atomic E-state index is -0.765. The number of nitrogens with zero attached hydrogens (tertiary/aromatic N) is 2. The molecule has 2 aromatic rings. The van der Waals surface area contributed by atoms with Crippen molar-refractivity contribution < 1.29 is 14.3 Å². The highest BCUT2D eigenvalue weighted by molar-refractivity contribution is 5.91. The maximum atomic E-state index is 13.2. The molecule has 0 radical (unpaired) electrons. The summed E-state index contributed by atoms with van der Waals surface area (Å²) in [6, 6.07) is 11.2. The van der Waals surface area contributed by atoms with Gasteiger partial charge in [-0.05, 0) is 55.3 Å². The topological polar surface area (TPSA) is 83.6 Å². The van der Waals surface area contributed by atoms with Gasteiger partial charge in [0.25, 0.3) is 0 Å². The summed E-state index contributed by atoms with van der Waals surface area (Å²) in [5.41, 5.74) is 1.12. The first kappa shape index (κ1) is 20.9. The van der Waals surface area contributed by atoms with E-state index in [2.05, 4.69) is 21.7 Å². The second-order valence-electron chi connectivity index (χ2n) is 9.21. The number of urea groups is 1. The van der Waals surface area contributed by atoms with Crippen LogP contribution in [0.25, 0.3) is 0 Å². The van der Waals surface area contributed by atoms with Gasteiger partial charge in [0.05, 0.1) is 0 Å². The Labute approximate surface area is 188 Å². The fourth-order valence-corrected chi connectivity index (χ4v) is 5.08. The minimum absolute atomic E-state index is 0.105. The highest BCUT2D eigenvalue weighted by Gasteiger charge is 2.47.